The molecule has 2 N–H and O–H groups in total. The van der Waals surface area contributed by atoms with Gasteiger partial charge in [0.25, 0.3) is 0 Å². The van der Waals surface area contributed by atoms with Crippen LogP contribution in [0.15, 0.2) is 29.6 Å². The van der Waals surface area contributed by atoms with Crippen LogP contribution >= 0.6 is 11.3 Å². The molecule has 3 aromatic rings. The molecular formula is C23H28N2O2S. The Labute approximate surface area is 170 Å². The summed E-state index contributed by atoms with van der Waals surface area (Å²) in [5.41, 5.74) is 8.16. The molecule has 1 aromatic carbocycles. The van der Waals surface area contributed by atoms with Gasteiger partial charge in [0.1, 0.15) is 0 Å². The van der Waals surface area contributed by atoms with Gasteiger partial charge in [0, 0.05) is 41.5 Å². The third-order valence-electron chi connectivity index (χ3n) is 5.46. The van der Waals surface area contributed by atoms with Gasteiger partial charge in [-0.1, -0.05) is 23.8 Å². The van der Waals surface area contributed by atoms with E-state index in [-0.39, 0.29) is 0 Å². The summed E-state index contributed by atoms with van der Waals surface area (Å²) in [7, 11) is 0. The molecule has 0 fully saturated rings. The zero-order chi connectivity index (χ0) is 20.4. The highest BCUT2D eigenvalue weighted by atomic mass is 32.1. The Morgan fingerprint density at radius 1 is 1.04 bits per heavy atom. The number of carboxylic acids is 1. The Morgan fingerprint density at radius 2 is 1.71 bits per heavy atom. The van der Waals surface area contributed by atoms with Crippen molar-refractivity contribution in [3.05, 3.63) is 79.3 Å². The maximum absolute atomic E-state index is 12.0. The molecule has 2 heterocycles. The lowest BCUT2D eigenvalue weighted by atomic mass is 9.99. The van der Waals surface area contributed by atoms with Gasteiger partial charge in [0.15, 0.2) is 0 Å². The molecule has 5 heteroatoms. The highest BCUT2D eigenvalue weighted by Gasteiger charge is 2.23. The van der Waals surface area contributed by atoms with Crippen LogP contribution in [-0.4, -0.2) is 15.6 Å². The van der Waals surface area contributed by atoms with Crippen molar-refractivity contribution in [2.75, 3.05) is 0 Å². The van der Waals surface area contributed by atoms with Crippen LogP contribution in [0.25, 0.3) is 0 Å². The number of aryl methyl sites for hydroxylation is 3. The maximum atomic E-state index is 12.0. The monoisotopic (exact) mass is 396 g/mol. The molecule has 0 spiro atoms. The van der Waals surface area contributed by atoms with Crippen molar-refractivity contribution in [3.63, 3.8) is 0 Å². The first-order chi connectivity index (χ1) is 13.3. The Hall–Kier alpha value is -2.37. The average Bonchev–Trinajstić information content (AvgIpc) is 3.19. The molecule has 0 bridgehead atoms. The number of aromatic carboxylic acids is 1. The van der Waals surface area contributed by atoms with Crippen LogP contribution < -0.4 is 5.32 Å². The van der Waals surface area contributed by atoms with Crippen LogP contribution in [0, 0.1) is 34.6 Å². The molecule has 2 aromatic heterocycles. The van der Waals surface area contributed by atoms with Crippen molar-refractivity contribution < 1.29 is 9.90 Å². The predicted molar refractivity (Wildman–Crippen MR) is 115 cm³/mol. The predicted octanol–water partition coefficient (Wildman–Crippen LogP) is 5.13. The topological polar surface area (TPSA) is 54.3 Å². The first-order valence-corrected chi connectivity index (χ1v) is 10.4. The Bertz CT molecular complexity index is 977. The minimum atomic E-state index is -0.857. The second-order valence-corrected chi connectivity index (χ2v) is 8.51. The Morgan fingerprint density at radius 3 is 2.29 bits per heavy atom. The third kappa shape index (κ3) is 4.05. The molecule has 3 rings (SSSR count). The number of thiophene rings is 1. The molecule has 4 nitrogen and oxygen atoms in total. The molecule has 0 saturated heterocycles. The number of benzene rings is 1. The Balaban J connectivity index is 1.93. The second kappa shape index (κ2) is 8.33. The second-order valence-electron chi connectivity index (χ2n) is 7.48. The highest BCUT2D eigenvalue weighted by molar-refractivity contribution is 7.09. The molecule has 0 radical (unpaired) electrons. The summed E-state index contributed by atoms with van der Waals surface area (Å²) in [4.78, 5) is 13.2. The number of hydrogen-bond acceptors (Lipinski definition) is 3. The number of hydrogen-bond donors (Lipinski definition) is 2. The van der Waals surface area contributed by atoms with Crippen LogP contribution in [0.4, 0.5) is 0 Å². The van der Waals surface area contributed by atoms with Crippen molar-refractivity contribution in [2.24, 2.45) is 0 Å². The smallest absolute Gasteiger partial charge is 0.337 e. The number of carbonyl (C=O) groups is 1. The minimum absolute atomic E-state index is 0.429. The van der Waals surface area contributed by atoms with Crippen molar-refractivity contribution in [1.29, 1.82) is 0 Å². The number of rotatable bonds is 7. The average molecular weight is 397 g/mol. The van der Waals surface area contributed by atoms with Crippen LogP contribution in [0.5, 0.6) is 0 Å². The van der Waals surface area contributed by atoms with Gasteiger partial charge in [-0.2, -0.15) is 0 Å². The van der Waals surface area contributed by atoms with E-state index in [1.165, 1.54) is 27.1 Å². The fraction of sp³-hybridized carbons (Fsp3) is 0.348. The van der Waals surface area contributed by atoms with Gasteiger partial charge in [0.2, 0.25) is 0 Å². The van der Waals surface area contributed by atoms with Gasteiger partial charge in [-0.15, -0.1) is 11.3 Å². The fourth-order valence-electron chi connectivity index (χ4n) is 4.03. The van der Waals surface area contributed by atoms with Crippen LogP contribution in [0.2, 0.25) is 0 Å². The van der Waals surface area contributed by atoms with E-state index < -0.39 is 5.97 Å². The van der Waals surface area contributed by atoms with E-state index in [2.05, 4.69) is 54.2 Å². The number of aromatic nitrogens is 1. The summed E-state index contributed by atoms with van der Waals surface area (Å²) < 4.78 is 2.15. The number of nitrogens with zero attached hydrogens (tertiary/aromatic N) is 1. The standard InChI is InChI=1S/C23H28N2O2S/c1-14-9-15(2)21(16(3)10-14)13-25-17(4)20(22(18(25)5)23(26)27)12-24-11-19-7-6-8-28-19/h6-10,24H,11-13H2,1-5H3,(H,26,27). The fourth-order valence-corrected chi connectivity index (χ4v) is 4.70. The summed E-state index contributed by atoms with van der Waals surface area (Å²) in [5.74, 6) is -0.857. The van der Waals surface area contributed by atoms with Crippen molar-refractivity contribution in [1.82, 2.24) is 9.88 Å². The van der Waals surface area contributed by atoms with Gasteiger partial charge in [-0.25, -0.2) is 4.79 Å². The molecule has 0 aliphatic heterocycles. The van der Waals surface area contributed by atoms with Crippen molar-refractivity contribution >= 4 is 17.3 Å². The Kier molecular flexibility index (Phi) is 6.06. The summed E-state index contributed by atoms with van der Waals surface area (Å²) in [5, 5.41) is 15.3. The van der Waals surface area contributed by atoms with Gasteiger partial charge >= 0.3 is 5.97 Å². The molecule has 0 aliphatic rings. The van der Waals surface area contributed by atoms with E-state index in [1.54, 1.807) is 11.3 Å². The van der Waals surface area contributed by atoms with Crippen LogP contribution in [0.3, 0.4) is 0 Å². The largest absolute Gasteiger partial charge is 0.478 e. The SMILES string of the molecule is Cc1cc(C)c(Cn2c(C)c(CNCc3cccs3)c(C(=O)O)c2C)c(C)c1. The molecule has 0 atom stereocenters. The van der Waals surface area contributed by atoms with E-state index >= 15 is 0 Å². The van der Waals surface area contributed by atoms with E-state index in [1.807, 2.05) is 19.9 Å². The molecule has 148 valence electrons. The van der Waals surface area contributed by atoms with Crippen molar-refractivity contribution in [2.45, 2.75) is 54.3 Å². The molecule has 0 unspecified atom stereocenters. The van der Waals surface area contributed by atoms with Gasteiger partial charge in [0.05, 0.1) is 5.56 Å². The van der Waals surface area contributed by atoms with Gasteiger partial charge < -0.3 is 15.0 Å². The zero-order valence-electron chi connectivity index (χ0n) is 17.2. The lowest BCUT2D eigenvalue weighted by Crippen LogP contribution is -2.15. The first kappa shape index (κ1) is 20.4. The summed E-state index contributed by atoms with van der Waals surface area (Å²) in [6.45, 7) is 12.3. The molecule has 0 aliphatic carbocycles. The van der Waals surface area contributed by atoms with E-state index in [9.17, 15) is 9.90 Å². The normalized spacial score (nSPS) is 11.2. The van der Waals surface area contributed by atoms with E-state index in [0.29, 0.717) is 18.7 Å². The molecule has 28 heavy (non-hydrogen) atoms. The zero-order valence-corrected chi connectivity index (χ0v) is 18.0. The molecule has 0 amide bonds. The maximum Gasteiger partial charge on any atom is 0.337 e. The van der Waals surface area contributed by atoms with Crippen molar-refractivity contribution in [3.8, 4) is 0 Å². The lowest BCUT2D eigenvalue weighted by molar-refractivity contribution is 0.0694. The van der Waals surface area contributed by atoms with E-state index in [4.69, 9.17) is 0 Å². The molecular weight excluding hydrogens is 368 g/mol. The number of nitrogens with one attached hydrogen (secondary N) is 1. The minimum Gasteiger partial charge on any atom is -0.478 e. The van der Waals surface area contributed by atoms with Crippen LogP contribution in [-0.2, 0) is 19.6 Å². The van der Waals surface area contributed by atoms with Gasteiger partial charge in [-0.05, 0) is 62.8 Å². The highest BCUT2D eigenvalue weighted by Crippen LogP contribution is 2.26. The number of carboxylic acid groups (broad SMARTS) is 1. The summed E-state index contributed by atoms with van der Waals surface area (Å²) >= 11 is 1.70. The van der Waals surface area contributed by atoms with Gasteiger partial charge in [-0.3, -0.25) is 0 Å². The lowest BCUT2D eigenvalue weighted by Gasteiger charge is -2.15. The summed E-state index contributed by atoms with van der Waals surface area (Å²) in [6, 6.07) is 8.50. The summed E-state index contributed by atoms with van der Waals surface area (Å²) in [6.07, 6.45) is 0. The first-order valence-electron chi connectivity index (χ1n) is 9.51. The quantitative estimate of drug-likeness (QED) is 0.582. The third-order valence-corrected chi connectivity index (χ3v) is 6.34. The van der Waals surface area contributed by atoms with Crippen LogP contribution in [0.1, 0.15) is 54.4 Å². The van der Waals surface area contributed by atoms with E-state index in [0.717, 1.165) is 23.5 Å². The molecule has 0 saturated carbocycles.